The zero-order chi connectivity index (χ0) is 18.4. The predicted octanol–water partition coefficient (Wildman–Crippen LogP) is 5.40. The molecular formula is C22H22BrN3O. The van der Waals surface area contributed by atoms with Crippen molar-refractivity contribution in [3.05, 3.63) is 64.3 Å². The molecule has 138 valence electrons. The second-order valence-corrected chi connectivity index (χ2v) is 8.43. The summed E-state index contributed by atoms with van der Waals surface area (Å²) in [5, 5.41) is 4.34. The predicted molar refractivity (Wildman–Crippen MR) is 112 cm³/mol. The highest BCUT2D eigenvalue weighted by Crippen LogP contribution is 2.36. The van der Waals surface area contributed by atoms with Crippen LogP contribution in [0.15, 0.2) is 53.0 Å². The first-order chi connectivity index (χ1) is 13.2. The number of nitrogens with one attached hydrogen (secondary N) is 1. The number of rotatable bonds is 3. The van der Waals surface area contributed by atoms with Crippen LogP contribution in [0.25, 0.3) is 10.9 Å². The molecule has 0 atom stereocenters. The van der Waals surface area contributed by atoms with Crippen molar-refractivity contribution < 1.29 is 4.79 Å². The Morgan fingerprint density at radius 2 is 1.89 bits per heavy atom. The van der Waals surface area contributed by atoms with Crippen LogP contribution in [0, 0.1) is 5.92 Å². The van der Waals surface area contributed by atoms with E-state index in [1.165, 1.54) is 35.0 Å². The highest BCUT2D eigenvalue weighted by atomic mass is 79.9. The van der Waals surface area contributed by atoms with Crippen LogP contribution in [-0.4, -0.2) is 22.0 Å². The second-order valence-electron chi connectivity index (χ2n) is 7.58. The number of carbonyl (C=O) groups excluding carboxylic acids is 1. The van der Waals surface area contributed by atoms with E-state index >= 15 is 0 Å². The highest BCUT2D eigenvalue weighted by Gasteiger charge is 2.29. The fourth-order valence-electron chi connectivity index (χ4n) is 4.10. The Morgan fingerprint density at radius 3 is 2.70 bits per heavy atom. The topological polar surface area (TPSA) is 37.3 Å². The van der Waals surface area contributed by atoms with Crippen molar-refractivity contribution in [2.75, 3.05) is 11.9 Å². The van der Waals surface area contributed by atoms with E-state index in [-0.39, 0.29) is 6.03 Å². The van der Waals surface area contributed by atoms with Crippen molar-refractivity contribution >= 4 is 38.6 Å². The monoisotopic (exact) mass is 423 g/mol. The van der Waals surface area contributed by atoms with Gasteiger partial charge in [0, 0.05) is 52.7 Å². The molecule has 1 aliphatic heterocycles. The normalized spacial score (nSPS) is 16.4. The molecule has 2 aliphatic rings. The summed E-state index contributed by atoms with van der Waals surface area (Å²) in [7, 11) is 0. The lowest BCUT2D eigenvalue weighted by Gasteiger charge is -2.28. The van der Waals surface area contributed by atoms with Crippen LogP contribution in [0.3, 0.4) is 0 Å². The molecule has 1 N–H and O–H groups in total. The van der Waals surface area contributed by atoms with Gasteiger partial charge in [-0.05, 0) is 52.9 Å². The molecule has 0 bridgehead atoms. The van der Waals surface area contributed by atoms with Gasteiger partial charge >= 0.3 is 6.03 Å². The molecule has 2 heterocycles. The van der Waals surface area contributed by atoms with Crippen LogP contribution in [0.1, 0.15) is 24.1 Å². The summed E-state index contributed by atoms with van der Waals surface area (Å²) < 4.78 is 3.42. The molecule has 27 heavy (non-hydrogen) atoms. The number of hydrogen-bond acceptors (Lipinski definition) is 1. The van der Waals surface area contributed by atoms with Gasteiger partial charge in [0.05, 0.1) is 5.69 Å². The van der Waals surface area contributed by atoms with Gasteiger partial charge < -0.3 is 14.8 Å². The van der Waals surface area contributed by atoms with Crippen molar-refractivity contribution in [1.29, 1.82) is 0 Å². The number of hydrogen-bond donors (Lipinski definition) is 1. The summed E-state index contributed by atoms with van der Waals surface area (Å²) in [6.45, 7) is 2.55. The molecule has 0 unspecified atom stereocenters. The summed E-state index contributed by atoms with van der Waals surface area (Å²) in [4.78, 5) is 14.8. The van der Waals surface area contributed by atoms with Gasteiger partial charge in [-0.3, -0.25) is 0 Å². The highest BCUT2D eigenvalue weighted by molar-refractivity contribution is 9.10. The summed E-state index contributed by atoms with van der Waals surface area (Å²) in [5.41, 5.74) is 4.87. The Hall–Kier alpha value is -2.27. The lowest BCUT2D eigenvalue weighted by molar-refractivity contribution is 0.206. The Morgan fingerprint density at radius 1 is 1.11 bits per heavy atom. The van der Waals surface area contributed by atoms with Crippen LogP contribution in [0.4, 0.5) is 10.5 Å². The van der Waals surface area contributed by atoms with E-state index in [1.54, 1.807) is 0 Å². The third kappa shape index (κ3) is 3.14. The molecule has 5 heteroatoms. The lowest BCUT2D eigenvalue weighted by Crippen LogP contribution is -2.39. The lowest BCUT2D eigenvalue weighted by atomic mass is 10.0. The van der Waals surface area contributed by atoms with Gasteiger partial charge in [0.25, 0.3) is 0 Å². The zero-order valence-electron chi connectivity index (χ0n) is 15.1. The smallest absolute Gasteiger partial charge is 0.322 e. The number of benzene rings is 2. The first-order valence-corrected chi connectivity index (χ1v) is 10.4. The maximum Gasteiger partial charge on any atom is 0.322 e. The van der Waals surface area contributed by atoms with E-state index in [9.17, 15) is 4.79 Å². The third-order valence-corrected chi connectivity index (χ3v) is 6.39. The Balaban J connectivity index is 1.44. The fourth-order valence-corrected chi connectivity index (χ4v) is 4.48. The summed E-state index contributed by atoms with van der Waals surface area (Å²) in [6.07, 6.45) is 3.61. The quantitative estimate of drug-likeness (QED) is 0.600. The average Bonchev–Trinajstić information content (AvgIpc) is 3.46. The molecule has 3 aromatic rings. The van der Waals surface area contributed by atoms with Gasteiger partial charge in [-0.15, -0.1) is 0 Å². The molecule has 1 fully saturated rings. The molecule has 5 rings (SSSR count). The molecule has 0 radical (unpaired) electrons. The SMILES string of the molecule is O=C(Nc1ccccc1Br)N1CCc2c(c3ccccc3n2CC2CC2)C1. The molecule has 2 amide bonds. The molecule has 1 aromatic heterocycles. The van der Waals surface area contributed by atoms with Crippen molar-refractivity contribution in [2.45, 2.75) is 32.4 Å². The number of urea groups is 1. The van der Waals surface area contributed by atoms with Gasteiger partial charge in [0.15, 0.2) is 0 Å². The zero-order valence-corrected chi connectivity index (χ0v) is 16.7. The van der Waals surface area contributed by atoms with Crippen molar-refractivity contribution in [1.82, 2.24) is 9.47 Å². The van der Waals surface area contributed by atoms with E-state index in [4.69, 9.17) is 0 Å². The van der Waals surface area contributed by atoms with Crippen LogP contribution in [-0.2, 0) is 19.5 Å². The average molecular weight is 424 g/mol. The van der Waals surface area contributed by atoms with Crippen LogP contribution >= 0.6 is 15.9 Å². The number of halogens is 1. The molecular weight excluding hydrogens is 402 g/mol. The number of carbonyl (C=O) groups is 1. The van der Waals surface area contributed by atoms with Gasteiger partial charge in [0.2, 0.25) is 0 Å². The van der Waals surface area contributed by atoms with Crippen LogP contribution < -0.4 is 5.32 Å². The minimum Gasteiger partial charge on any atom is -0.344 e. The van der Waals surface area contributed by atoms with Crippen molar-refractivity contribution in [2.24, 2.45) is 5.92 Å². The summed E-state index contributed by atoms with van der Waals surface area (Å²) in [6, 6.07) is 16.3. The van der Waals surface area contributed by atoms with Crippen molar-refractivity contribution in [3.8, 4) is 0 Å². The second kappa shape index (κ2) is 6.71. The number of amides is 2. The van der Waals surface area contributed by atoms with Gasteiger partial charge in [-0.1, -0.05) is 30.3 Å². The number of aromatic nitrogens is 1. The Kier molecular flexibility index (Phi) is 4.20. The van der Waals surface area contributed by atoms with E-state index in [2.05, 4.69) is 50.1 Å². The Labute approximate surface area is 167 Å². The molecule has 4 nitrogen and oxygen atoms in total. The largest absolute Gasteiger partial charge is 0.344 e. The standard InChI is InChI=1S/C22H22BrN3O/c23-18-6-2-3-7-19(18)24-22(27)25-12-11-21-17(14-25)16-5-1-4-8-20(16)26(21)13-15-9-10-15/h1-8,15H,9-14H2,(H,24,27). The first kappa shape index (κ1) is 16.9. The first-order valence-electron chi connectivity index (χ1n) is 9.60. The maximum absolute atomic E-state index is 12.8. The number of anilines is 1. The van der Waals surface area contributed by atoms with Gasteiger partial charge in [-0.25, -0.2) is 4.79 Å². The summed E-state index contributed by atoms with van der Waals surface area (Å²) in [5.74, 6) is 0.835. The van der Waals surface area contributed by atoms with E-state index in [1.807, 2.05) is 29.2 Å². The van der Waals surface area contributed by atoms with Crippen LogP contribution in [0.2, 0.25) is 0 Å². The molecule has 1 saturated carbocycles. The molecule has 2 aromatic carbocycles. The maximum atomic E-state index is 12.8. The van der Waals surface area contributed by atoms with Gasteiger partial charge in [-0.2, -0.15) is 0 Å². The minimum atomic E-state index is -0.0356. The van der Waals surface area contributed by atoms with E-state index < -0.39 is 0 Å². The molecule has 0 spiro atoms. The molecule has 0 saturated heterocycles. The van der Waals surface area contributed by atoms with Crippen molar-refractivity contribution in [3.63, 3.8) is 0 Å². The van der Waals surface area contributed by atoms with Gasteiger partial charge in [0.1, 0.15) is 0 Å². The van der Waals surface area contributed by atoms with Crippen LogP contribution in [0.5, 0.6) is 0 Å². The summed E-state index contributed by atoms with van der Waals surface area (Å²) >= 11 is 3.50. The van der Waals surface area contributed by atoms with E-state index in [0.717, 1.165) is 35.6 Å². The molecule has 1 aliphatic carbocycles. The third-order valence-electron chi connectivity index (χ3n) is 5.70. The number of fused-ring (bicyclic) bond motifs is 3. The fraction of sp³-hybridized carbons (Fsp3) is 0.318. The minimum absolute atomic E-state index is 0.0356. The number of nitrogens with zero attached hydrogens (tertiary/aromatic N) is 2. The Bertz CT molecular complexity index is 1020. The van der Waals surface area contributed by atoms with E-state index in [0.29, 0.717) is 6.54 Å². The number of para-hydroxylation sites is 2.